The van der Waals surface area contributed by atoms with Gasteiger partial charge >= 0.3 is 0 Å². The first-order chi connectivity index (χ1) is 9.34. The zero-order valence-corrected chi connectivity index (χ0v) is 11.6. The molecule has 1 N–H and O–H groups in total. The standard InChI is InChI=1S/C14H11BrN4/c15-12-8-4-5-9-14(12)19-16-10-13(17-18-19)11-6-2-1-3-7-11/h1-10,16H. The Kier molecular flexibility index (Phi) is 3.29. The molecule has 0 aromatic heterocycles. The molecule has 1 aliphatic rings. The van der Waals surface area contributed by atoms with Crippen LogP contribution in [-0.4, -0.2) is 0 Å². The van der Waals surface area contributed by atoms with E-state index in [2.05, 4.69) is 31.7 Å². The molecular weight excluding hydrogens is 304 g/mol. The van der Waals surface area contributed by atoms with E-state index in [1.165, 1.54) is 0 Å². The Morgan fingerprint density at radius 3 is 2.37 bits per heavy atom. The van der Waals surface area contributed by atoms with Gasteiger partial charge in [-0.15, -0.1) is 5.11 Å². The van der Waals surface area contributed by atoms with E-state index in [0.29, 0.717) is 0 Å². The van der Waals surface area contributed by atoms with Gasteiger partial charge in [-0.3, -0.25) is 5.43 Å². The molecule has 0 fully saturated rings. The number of halogens is 1. The van der Waals surface area contributed by atoms with Crippen molar-refractivity contribution in [3.63, 3.8) is 0 Å². The molecule has 5 heteroatoms. The molecule has 1 heterocycles. The molecule has 0 atom stereocenters. The first-order valence-electron chi connectivity index (χ1n) is 5.83. The van der Waals surface area contributed by atoms with Crippen LogP contribution < -0.4 is 10.5 Å². The third kappa shape index (κ3) is 2.51. The monoisotopic (exact) mass is 314 g/mol. The molecule has 2 aromatic carbocycles. The number of hydrogen-bond donors (Lipinski definition) is 1. The van der Waals surface area contributed by atoms with Gasteiger partial charge in [0.05, 0.1) is 5.69 Å². The summed E-state index contributed by atoms with van der Waals surface area (Å²) in [5.41, 5.74) is 5.86. The highest BCUT2D eigenvalue weighted by Gasteiger charge is 2.12. The van der Waals surface area contributed by atoms with Gasteiger partial charge in [0.2, 0.25) is 0 Å². The van der Waals surface area contributed by atoms with E-state index in [4.69, 9.17) is 0 Å². The molecule has 0 aliphatic carbocycles. The van der Waals surface area contributed by atoms with Crippen molar-refractivity contribution in [3.8, 4) is 0 Å². The van der Waals surface area contributed by atoms with E-state index in [1.807, 2.05) is 60.8 Å². The molecule has 94 valence electrons. The van der Waals surface area contributed by atoms with E-state index in [9.17, 15) is 0 Å². The highest BCUT2D eigenvalue weighted by molar-refractivity contribution is 9.10. The second kappa shape index (κ2) is 5.24. The largest absolute Gasteiger partial charge is 0.281 e. The van der Waals surface area contributed by atoms with Gasteiger partial charge in [-0.25, -0.2) is 0 Å². The van der Waals surface area contributed by atoms with Crippen LogP contribution in [0.2, 0.25) is 0 Å². The van der Waals surface area contributed by atoms with Crippen molar-refractivity contribution in [2.24, 2.45) is 10.3 Å². The molecule has 0 radical (unpaired) electrons. The molecule has 4 nitrogen and oxygen atoms in total. The summed E-state index contributed by atoms with van der Waals surface area (Å²) in [5.74, 6) is 0. The second-order valence-electron chi connectivity index (χ2n) is 3.98. The van der Waals surface area contributed by atoms with Gasteiger partial charge < -0.3 is 0 Å². The van der Waals surface area contributed by atoms with Crippen molar-refractivity contribution in [3.05, 3.63) is 70.8 Å². The zero-order valence-electron chi connectivity index (χ0n) is 9.99. The van der Waals surface area contributed by atoms with E-state index in [-0.39, 0.29) is 0 Å². The summed E-state index contributed by atoms with van der Waals surface area (Å²) in [6.07, 6.45) is 1.84. The average molecular weight is 315 g/mol. The fourth-order valence-corrected chi connectivity index (χ4v) is 2.21. The summed E-state index contributed by atoms with van der Waals surface area (Å²) in [6, 6.07) is 17.8. The third-order valence-electron chi connectivity index (χ3n) is 2.72. The predicted octanol–water partition coefficient (Wildman–Crippen LogP) is 4.14. The number of para-hydroxylation sites is 1. The summed E-state index contributed by atoms with van der Waals surface area (Å²) in [7, 11) is 0. The predicted molar refractivity (Wildman–Crippen MR) is 79.0 cm³/mol. The summed E-state index contributed by atoms with van der Waals surface area (Å²) in [5, 5.41) is 10.0. The second-order valence-corrected chi connectivity index (χ2v) is 4.83. The highest BCUT2D eigenvalue weighted by Crippen LogP contribution is 2.27. The SMILES string of the molecule is Brc1ccccc1N1N=NC(c2ccccc2)=CN1. The molecule has 0 spiro atoms. The Bertz CT molecular complexity index is 637. The van der Waals surface area contributed by atoms with Crippen molar-refractivity contribution in [1.82, 2.24) is 5.43 Å². The minimum atomic E-state index is 0.809. The molecule has 0 unspecified atom stereocenters. The maximum atomic E-state index is 4.23. The first-order valence-corrected chi connectivity index (χ1v) is 6.62. The lowest BCUT2D eigenvalue weighted by Gasteiger charge is -2.21. The van der Waals surface area contributed by atoms with Gasteiger partial charge in [0.1, 0.15) is 5.70 Å². The molecule has 0 amide bonds. The van der Waals surface area contributed by atoms with E-state index in [1.54, 1.807) is 5.12 Å². The summed E-state index contributed by atoms with van der Waals surface area (Å²) in [6.45, 7) is 0. The van der Waals surface area contributed by atoms with Crippen LogP contribution in [0.1, 0.15) is 5.56 Å². The Morgan fingerprint density at radius 1 is 0.947 bits per heavy atom. The van der Waals surface area contributed by atoms with E-state index < -0.39 is 0 Å². The lowest BCUT2D eigenvalue weighted by molar-refractivity contribution is 0.717. The fraction of sp³-hybridized carbons (Fsp3) is 0. The van der Waals surface area contributed by atoms with Gasteiger partial charge in [0.25, 0.3) is 0 Å². The molecular formula is C14H11BrN4. The van der Waals surface area contributed by atoms with Gasteiger partial charge in [0, 0.05) is 16.2 Å². The van der Waals surface area contributed by atoms with Crippen LogP contribution in [-0.2, 0) is 0 Å². The number of nitrogens with zero attached hydrogens (tertiary/aromatic N) is 3. The van der Waals surface area contributed by atoms with Crippen molar-refractivity contribution < 1.29 is 0 Å². The number of hydrazine groups is 1. The van der Waals surface area contributed by atoms with Gasteiger partial charge in [-0.1, -0.05) is 42.5 Å². The molecule has 1 aliphatic heterocycles. The summed E-state index contributed by atoms with van der Waals surface area (Å²) >= 11 is 3.49. The number of nitrogens with one attached hydrogen (secondary N) is 1. The Labute approximate surface area is 119 Å². The average Bonchev–Trinajstić information content (AvgIpc) is 2.49. The van der Waals surface area contributed by atoms with Gasteiger partial charge in [-0.2, -0.15) is 5.12 Å². The van der Waals surface area contributed by atoms with Crippen LogP contribution in [0.4, 0.5) is 5.69 Å². The maximum Gasteiger partial charge on any atom is 0.112 e. The van der Waals surface area contributed by atoms with E-state index >= 15 is 0 Å². The number of benzene rings is 2. The van der Waals surface area contributed by atoms with Gasteiger partial charge in [-0.05, 0) is 33.3 Å². The molecule has 2 aromatic rings. The van der Waals surface area contributed by atoms with Crippen LogP contribution in [0, 0.1) is 0 Å². The van der Waals surface area contributed by atoms with Gasteiger partial charge in [0.15, 0.2) is 0 Å². The molecule has 19 heavy (non-hydrogen) atoms. The minimum absolute atomic E-state index is 0.809. The molecule has 0 saturated heterocycles. The molecule has 0 saturated carbocycles. The number of anilines is 1. The maximum absolute atomic E-state index is 4.23. The Hall–Kier alpha value is -2.14. The first kappa shape index (κ1) is 11.9. The van der Waals surface area contributed by atoms with Crippen molar-refractivity contribution in [2.75, 3.05) is 5.12 Å². The zero-order chi connectivity index (χ0) is 13.1. The fourth-order valence-electron chi connectivity index (χ4n) is 1.76. The van der Waals surface area contributed by atoms with Crippen LogP contribution in [0.25, 0.3) is 5.70 Å². The van der Waals surface area contributed by atoms with Crippen LogP contribution in [0.3, 0.4) is 0 Å². The minimum Gasteiger partial charge on any atom is -0.281 e. The van der Waals surface area contributed by atoms with Crippen molar-refractivity contribution >= 4 is 27.3 Å². The van der Waals surface area contributed by atoms with Crippen LogP contribution in [0.15, 0.2) is 75.6 Å². The Morgan fingerprint density at radius 2 is 1.68 bits per heavy atom. The number of rotatable bonds is 2. The highest BCUT2D eigenvalue weighted by atomic mass is 79.9. The van der Waals surface area contributed by atoms with E-state index in [0.717, 1.165) is 21.4 Å². The molecule has 3 rings (SSSR count). The molecule has 0 bridgehead atoms. The lowest BCUT2D eigenvalue weighted by Crippen LogP contribution is -2.30. The lowest BCUT2D eigenvalue weighted by atomic mass is 10.2. The summed E-state index contributed by atoms with van der Waals surface area (Å²) < 4.78 is 0.956. The van der Waals surface area contributed by atoms with Crippen molar-refractivity contribution in [2.45, 2.75) is 0 Å². The number of hydrogen-bond acceptors (Lipinski definition) is 4. The smallest absolute Gasteiger partial charge is 0.112 e. The Balaban J connectivity index is 1.82. The third-order valence-corrected chi connectivity index (χ3v) is 3.39. The summed E-state index contributed by atoms with van der Waals surface area (Å²) in [4.78, 5) is 0. The topological polar surface area (TPSA) is 40.0 Å². The normalized spacial score (nSPS) is 13.9. The van der Waals surface area contributed by atoms with Crippen LogP contribution >= 0.6 is 15.9 Å². The quantitative estimate of drug-likeness (QED) is 0.905. The van der Waals surface area contributed by atoms with Crippen LogP contribution in [0.5, 0.6) is 0 Å². The van der Waals surface area contributed by atoms with Crippen molar-refractivity contribution in [1.29, 1.82) is 0 Å².